The van der Waals surface area contributed by atoms with E-state index in [1.54, 1.807) is 36.7 Å². The molecule has 0 bridgehead atoms. The maximum absolute atomic E-state index is 14.3. The lowest BCUT2D eigenvalue weighted by atomic mass is 9.81. The third-order valence-corrected chi connectivity index (χ3v) is 4.57. The van der Waals surface area contributed by atoms with Crippen molar-refractivity contribution in [3.8, 4) is 11.3 Å². The summed E-state index contributed by atoms with van der Waals surface area (Å²) in [6, 6.07) is 15.6. The highest BCUT2D eigenvalue weighted by molar-refractivity contribution is 5.88. The minimum atomic E-state index is -0.940. The molecule has 4 rings (SSSR count). The minimum Gasteiger partial charge on any atom is -0.321 e. The fraction of sp³-hybridized carbons (Fsp3) is 0.100. The zero-order valence-corrected chi connectivity index (χ0v) is 13.4. The number of hydrogen-bond donors (Lipinski definition) is 2. The molecule has 2 heterocycles. The number of halogens is 1. The third kappa shape index (κ3) is 2.54. The van der Waals surface area contributed by atoms with Gasteiger partial charge in [-0.3, -0.25) is 4.99 Å². The van der Waals surface area contributed by atoms with E-state index in [1.807, 2.05) is 30.3 Å². The lowest BCUT2D eigenvalue weighted by Crippen LogP contribution is -2.53. The number of fused-ring (bicyclic) bond motifs is 1. The molecule has 0 spiro atoms. The Labute approximate surface area is 144 Å². The Balaban J connectivity index is 2.02. The predicted octanol–water partition coefficient (Wildman–Crippen LogP) is 3.12. The molecule has 4 nitrogen and oxygen atoms in total. The van der Waals surface area contributed by atoms with Gasteiger partial charge < -0.3 is 11.5 Å². The first kappa shape index (κ1) is 15.6. The molecule has 3 aromatic rings. The number of pyridine rings is 1. The number of aromatic nitrogens is 1. The van der Waals surface area contributed by atoms with Gasteiger partial charge >= 0.3 is 0 Å². The highest BCUT2D eigenvalue weighted by atomic mass is 19.1. The Kier molecular flexibility index (Phi) is 3.67. The van der Waals surface area contributed by atoms with E-state index in [-0.39, 0.29) is 5.82 Å². The summed E-state index contributed by atoms with van der Waals surface area (Å²) in [7, 11) is 0. The standard InChI is InChI=1S/C20H17FN4/c21-16-7-3-1-6-14(16)18-11-15(13-5-2-4-8-17(13)25-18)20(23)9-10-24-12-19(20)22/h1-12,19H,22-23H2. The van der Waals surface area contributed by atoms with Gasteiger partial charge in [0.2, 0.25) is 0 Å². The number of benzene rings is 2. The van der Waals surface area contributed by atoms with Crippen molar-refractivity contribution in [1.29, 1.82) is 0 Å². The third-order valence-electron chi connectivity index (χ3n) is 4.57. The molecule has 0 saturated heterocycles. The van der Waals surface area contributed by atoms with Crippen LogP contribution in [0.25, 0.3) is 22.2 Å². The number of nitrogens with zero attached hydrogens (tertiary/aromatic N) is 2. The summed E-state index contributed by atoms with van der Waals surface area (Å²) in [5, 5.41) is 0.889. The number of nitrogens with two attached hydrogens (primary N) is 2. The molecule has 1 aliphatic heterocycles. The molecule has 1 aromatic heterocycles. The molecule has 1 aliphatic rings. The van der Waals surface area contributed by atoms with Crippen LogP contribution in [0.5, 0.6) is 0 Å². The zero-order chi connectivity index (χ0) is 17.4. The minimum absolute atomic E-state index is 0.327. The Morgan fingerprint density at radius 2 is 1.80 bits per heavy atom. The Hall–Kier alpha value is -2.89. The highest BCUT2D eigenvalue weighted by Gasteiger charge is 2.34. The molecule has 2 aromatic carbocycles. The van der Waals surface area contributed by atoms with E-state index in [0.717, 1.165) is 16.5 Å². The second-order valence-corrected chi connectivity index (χ2v) is 6.12. The summed E-state index contributed by atoms with van der Waals surface area (Å²) in [6.45, 7) is 0. The molecule has 2 atom stereocenters. The Morgan fingerprint density at radius 1 is 1.04 bits per heavy atom. The summed E-state index contributed by atoms with van der Waals surface area (Å²) < 4.78 is 14.3. The first-order valence-corrected chi connectivity index (χ1v) is 8.00. The van der Waals surface area contributed by atoms with Gasteiger partial charge in [-0.2, -0.15) is 0 Å². The zero-order valence-electron chi connectivity index (χ0n) is 13.4. The van der Waals surface area contributed by atoms with Crippen molar-refractivity contribution in [2.24, 2.45) is 16.5 Å². The smallest absolute Gasteiger partial charge is 0.132 e. The van der Waals surface area contributed by atoms with Crippen molar-refractivity contribution in [2.45, 2.75) is 11.6 Å². The first-order valence-electron chi connectivity index (χ1n) is 8.00. The topological polar surface area (TPSA) is 77.3 Å². The van der Waals surface area contributed by atoms with Crippen molar-refractivity contribution < 1.29 is 4.39 Å². The molecule has 2 unspecified atom stereocenters. The highest BCUT2D eigenvalue weighted by Crippen LogP contribution is 2.34. The van der Waals surface area contributed by atoms with E-state index in [9.17, 15) is 4.39 Å². The SMILES string of the molecule is NC1C=NC=CC1(N)c1cc(-c2ccccc2F)nc2ccccc12. The molecule has 5 heteroatoms. The molecule has 0 fully saturated rings. The summed E-state index contributed by atoms with van der Waals surface area (Å²) in [5.74, 6) is -0.327. The van der Waals surface area contributed by atoms with E-state index in [0.29, 0.717) is 11.3 Å². The van der Waals surface area contributed by atoms with Gasteiger partial charge in [0.05, 0.1) is 22.8 Å². The van der Waals surface area contributed by atoms with Crippen LogP contribution in [-0.2, 0) is 5.54 Å². The van der Waals surface area contributed by atoms with Gasteiger partial charge in [0.25, 0.3) is 0 Å². The number of para-hydroxylation sites is 1. The van der Waals surface area contributed by atoms with Crippen molar-refractivity contribution >= 4 is 17.1 Å². The van der Waals surface area contributed by atoms with Gasteiger partial charge in [-0.15, -0.1) is 0 Å². The van der Waals surface area contributed by atoms with E-state index in [2.05, 4.69) is 9.98 Å². The molecule has 25 heavy (non-hydrogen) atoms. The maximum atomic E-state index is 14.3. The number of aliphatic imine (C=N–C) groups is 1. The second-order valence-electron chi connectivity index (χ2n) is 6.12. The molecule has 0 aliphatic carbocycles. The fourth-order valence-electron chi connectivity index (χ4n) is 3.15. The Bertz CT molecular complexity index is 1010. The second kappa shape index (κ2) is 5.88. The van der Waals surface area contributed by atoms with E-state index in [1.165, 1.54) is 6.07 Å². The van der Waals surface area contributed by atoms with Gasteiger partial charge in [-0.25, -0.2) is 9.37 Å². The molecular weight excluding hydrogens is 315 g/mol. The Morgan fingerprint density at radius 3 is 2.60 bits per heavy atom. The van der Waals surface area contributed by atoms with E-state index >= 15 is 0 Å². The van der Waals surface area contributed by atoms with Crippen LogP contribution in [0.3, 0.4) is 0 Å². The summed E-state index contributed by atoms with van der Waals surface area (Å²) in [5.41, 5.74) is 14.4. The quantitative estimate of drug-likeness (QED) is 0.757. The predicted molar refractivity (Wildman–Crippen MR) is 98.6 cm³/mol. The molecular formula is C20H17FN4. The van der Waals surface area contributed by atoms with Gasteiger partial charge in [0.1, 0.15) is 5.82 Å². The van der Waals surface area contributed by atoms with Crippen LogP contribution in [0.2, 0.25) is 0 Å². The molecule has 0 amide bonds. The first-order chi connectivity index (χ1) is 12.1. The number of hydrogen-bond acceptors (Lipinski definition) is 4. The van der Waals surface area contributed by atoms with Crippen molar-refractivity contribution in [3.63, 3.8) is 0 Å². The fourth-order valence-corrected chi connectivity index (χ4v) is 3.15. The average molecular weight is 332 g/mol. The van der Waals surface area contributed by atoms with Crippen molar-refractivity contribution in [1.82, 2.24) is 4.98 Å². The van der Waals surface area contributed by atoms with Crippen molar-refractivity contribution in [2.75, 3.05) is 0 Å². The number of rotatable bonds is 2. The van der Waals surface area contributed by atoms with Gasteiger partial charge in [0.15, 0.2) is 0 Å². The average Bonchev–Trinajstić information content (AvgIpc) is 2.64. The normalized spacial score (nSPS) is 22.4. The van der Waals surface area contributed by atoms with Gasteiger partial charge in [-0.1, -0.05) is 30.3 Å². The van der Waals surface area contributed by atoms with Crippen LogP contribution in [0, 0.1) is 5.82 Å². The maximum Gasteiger partial charge on any atom is 0.132 e. The van der Waals surface area contributed by atoms with Crippen molar-refractivity contribution in [3.05, 3.63) is 78.3 Å². The van der Waals surface area contributed by atoms with Crippen LogP contribution in [0.1, 0.15) is 5.56 Å². The van der Waals surface area contributed by atoms with Gasteiger partial charge in [-0.05, 0) is 35.9 Å². The largest absolute Gasteiger partial charge is 0.321 e. The molecule has 0 radical (unpaired) electrons. The van der Waals surface area contributed by atoms with Crippen LogP contribution in [0.15, 0.2) is 71.9 Å². The molecule has 124 valence electrons. The van der Waals surface area contributed by atoms with Gasteiger partial charge in [0, 0.05) is 23.4 Å². The van der Waals surface area contributed by atoms with Crippen LogP contribution >= 0.6 is 0 Å². The summed E-state index contributed by atoms with van der Waals surface area (Å²) >= 11 is 0. The summed E-state index contributed by atoms with van der Waals surface area (Å²) in [6.07, 6.45) is 5.05. The summed E-state index contributed by atoms with van der Waals surface area (Å²) in [4.78, 5) is 8.69. The van der Waals surface area contributed by atoms with Crippen LogP contribution in [0.4, 0.5) is 4.39 Å². The monoisotopic (exact) mass is 332 g/mol. The van der Waals surface area contributed by atoms with Crippen LogP contribution < -0.4 is 11.5 Å². The van der Waals surface area contributed by atoms with E-state index in [4.69, 9.17) is 11.5 Å². The lowest BCUT2D eigenvalue weighted by molar-refractivity contribution is 0.520. The lowest BCUT2D eigenvalue weighted by Gasteiger charge is -2.33. The molecule has 4 N–H and O–H groups in total. The molecule has 0 saturated carbocycles. The van der Waals surface area contributed by atoms with E-state index < -0.39 is 11.6 Å². The van der Waals surface area contributed by atoms with Crippen LogP contribution in [-0.4, -0.2) is 17.2 Å².